The van der Waals surface area contributed by atoms with E-state index in [1.807, 2.05) is 17.5 Å². The second-order valence-electron chi connectivity index (χ2n) is 2.34. The van der Waals surface area contributed by atoms with Crippen LogP contribution in [-0.2, 0) is 15.8 Å². The molecule has 1 aromatic heterocycles. The SMILES string of the molecule is CCNS(=O)(=O)Cc1cccs1. The van der Waals surface area contributed by atoms with Crippen molar-refractivity contribution < 1.29 is 8.42 Å². The van der Waals surface area contributed by atoms with Crippen molar-refractivity contribution in [3.05, 3.63) is 22.4 Å². The molecule has 1 aromatic rings. The summed E-state index contributed by atoms with van der Waals surface area (Å²) in [5, 5.41) is 1.87. The van der Waals surface area contributed by atoms with Crippen LogP contribution in [0.15, 0.2) is 17.5 Å². The molecular formula is C7H11NO2S2. The molecule has 0 aliphatic rings. The van der Waals surface area contributed by atoms with Crippen LogP contribution in [0.25, 0.3) is 0 Å². The van der Waals surface area contributed by atoms with Gasteiger partial charge in [-0.15, -0.1) is 11.3 Å². The van der Waals surface area contributed by atoms with E-state index in [0.717, 1.165) is 4.88 Å². The van der Waals surface area contributed by atoms with Gasteiger partial charge in [0.2, 0.25) is 10.0 Å². The first-order valence-corrected chi connectivity index (χ1v) is 6.17. The van der Waals surface area contributed by atoms with Crippen LogP contribution in [-0.4, -0.2) is 15.0 Å². The second kappa shape index (κ2) is 4.02. The first-order chi connectivity index (χ1) is 5.64. The maximum atomic E-state index is 11.2. The molecule has 0 spiro atoms. The molecule has 0 aromatic carbocycles. The summed E-state index contributed by atoms with van der Waals surface area (Å²) < 4.78 is 24.8. The molecule has 0 aliphatic carbocycles. The third kappa shape index (κ3) is 2.92. The zero-order chi connectivity index (χ0) is 9.03. The van der Waals surface area contributed by atoms with E-state index in [0.29, 0.717) is 6.54 Å². The molecule has 0 aliphatic heterocycles. The molecule has 0 saturated heterocycles. The molecule has 0 unspecified atom stereocenters. The fourth-order valence-electron chi connectivity index (χ4n) is 0.853. The topological polar surface area (TPSA) is 46.2 Å². The number of thiophene rings is 1. The van der Waals surface area contributed by atoms with Crippen LogP contribution in [0.2, 0.25) is 0 Å². The van der Waals surface area contributed by atoms with Crippen molar-refractivity contribution in [1.82, 2.24) is 4.72 Å². The number of nitrogens with one attached hydrogen (secondary N) is 1. The Hall–Kier alpha value is -0.390. The van der Waals surface area contributed by atoms with Crippen molar-refractivity contribution in [1.29, 1.82) is 0 Å². The van der Waals surface area contributed by atoms with E-state index in [1.165, 1.54) is 11.3 Å². The molecule has 1 rings (SSSR count). The fourth-order valence-corrected chi connectivity index (χ4v) is 3.09. The summed E-state index contributed by atoms with van der Waals surface area (Å²) in [4.78, 5) is 0.871. The largest absolute Gasteiger partial charge is 0.216 e. The number of sulfonamides is 1. The van der Waals surface area contributed by atoms with Gasteiger partial charge in [0.25, 0.3) is 0 Å². The van der Waals surface area contributed by atoms with Gasteiger partial charge in [-0.3, -0.25) is 0 Å². The molecule has 0 atom stereocenters. The van der Waals surface area contributed by atoms with Crippen LogP contribution in [0.4, 0.5) is 0 Å². The minimum absolute atomic E-state index is 0.0957. The first kappa shape index (κ1) is 9.70. The van der Waals surface area contributed by atoms with Gasteiger partial charge in [0.05, 0.1) is 5.75 Å². The average Bonchev–Trinajstić information content (AvgIpc) is 2.38. The predicted molar refractivity (Wildman–Crippen MR) is 50.6 cm³/mol. The van der Waals surface area contributed by atoms with Gasteiger partial charge < -0.3 is 0 Å². The molecule has 0 saturated carbocycles. The van der Waals surface area contributed by atoms with E-state index >= 15 is 0 Å². The molecule has 0 bridgehead atoms. The van der Waals surface area contributed by atoms with E-state index in [4.69, 9.17) is 0 Å². The lowest BCUT2D eigenvalue weighted by Gasteiger charge is -2.00. The summed E-state index contributed by atoms with van der Waals surface area (Å²) in [6.07, 6.45) is 0. The molecule has 5 heteroatoms. The second-order valence-corrected chi connectivity index (χ2v) is 5.18. The van der Waals surface area contributed by atoms with Gasteiger partial charge in [-0.05, 0) is 11.4 Å². The van der Waals surface area contributed by atoms with Gasteiger partial charge in [0, 0.05) is 11.4 Å². The third-order valence-corrected chi connectivity index (χ3v) is 3.76. The number of hydrogen-bond donors (Lipinski definition) is 1. The zero-order valence-corrected chi connectivity index (χ0v) is 8.41. The summed E-state index contributed by atoms with van der Waals surface area (Å²) >= 11 is 1.46. The molecule has 1 heterocycles. The fraction of sp³-hybridized carbons (Fsp3) is 0.429. The van der Waals surface area contributed by atoms with E-state index in [-0.39, 0.29) is 5.75 Å². The van der Waals surface area contributed by atoms with Crippen molar-refractivity contribution in [2.45, 2.75) is 12.7 Å². The van der Waals surface area contributed by atoms with E-state index in [2.05, 4.69) is 4.72 Å². The third-order valence-electron chi connectivity index (χ3n) is 1.28. The van der Waals surface area contributed by atoms with Crippen molar-refractivity contribution >= 4 is 21.4 Å². The Morgan fingerprint density at radius 1 is 1.58 bits per heavy atom. The van der Waals surface area contributed by atoms with Gasteiger partial charge >= 0.3 is 0 Å². The lowest BCUT2D eigenvalue weighted by atomic mass is 10.5. The van der Waals surface area contributed by atoms with Crippen molar-refractivity contribution in [3.63, 3.8) is 0 Å². The highest BCUT2D eigenvalue weighted by Gasteiger charge is 2.09. The van der Waals surface area contributed by atoms with Crippen LogP contribution < -0.4 is 4.72 Å². The normalized spacial score (nSPS) is 11.8. The molecule has 0 radical (unpaired) electrons. The summed E-state index contributed by atoms with van der Waals surface area (Å²) in [6.45, 7) is 2.22. The van der Waals surface area contributed by atoms with E-state index < -0.39 is 10.0 Å². The van der Waals surface area contributed by atoms with E-state index in [9.17, 15) is 8.42 Å². The van der Waals surface area contributed by atoms with Gasteiger partial charge in [0.15, 0.2) is 0 Å². The molecule has 0 fully saturated rings. The van der Waals surface area contributed by atoms with Crippen LogP contribution in [0.3, 0.4) is 0 Å². The van der Waals surface area contributed by atoms with Gasteiger partial charge in [0.1, 0.15) is 0 Å². The predicted octanol–water partition coefficient (Wildman–Crippen LogP) is 1.19. The lowest BCUT2D eigenvalue weighted by molar-refractivity contribution is 0.583. The minimum atomic E-state index is -3.09. The highest BCUT2D eigenvalue weighted by atomic mass is 32.2. The Bertz CT molecular complexity index is 315. The minimum Gasteiger partial charge on any atom is -0.215 e. The molecule has 68 valence electrons. The Balaban J connectivity index is 2.63. The quantitative estimate of drug-likeness (QED) is 0.802. The highest BCUT2D eigenvalue weighted by Crippen LogP contribution is 2.11. The molecule has 0 amide bonds. The Kier molecular flexibility index (Phi) is 3.25. The summed E-state index contributed by atoms with van der Waals surface area (Å²) in [5.41, 5.74) is 0. The Morgan fingerprint density at radius 2 is 2.33 bits per heavy atom. The molecular weight excluding hydrogens is 194 g/mol. The number of rotatable bonds is 4. The zero-order valence-electron chi connectivity index (χ0n) is 6.78. The maximum Gasteiger partial charge on any atom is 0.216 e. The van der Waals surface area contributed by atoms with Crippen molar-refractivity contribution in [2.24, 2.45) is 0 Å². The van der Waals surface area contributed by atoms with E-state index in [1.54, 1.807) is 6.92 Å². The molecule has 12 heavy (non-hydrogen) atoms. The maximum absolute atomic E-state index is 11.2. The summed E-state index contributed by atoms with van der Waals surface area (Å²) in [5.74, 6) is 0.0957. The van der Waals surface area contributed by atoms with Gasteiger partial charge in [-0.25, -0.2) is 13.1 Å². The Labute approximate surface area is 76.5 Å². The van der Waals surface area contributed by atoms with Crippen LogP contribution in [0, 0.1) is 0 Å². The van der Waals surface area contributed by atoms with Crippen molar-refractivity contribution in [3.8, 4) is 0 Å². The first-order valence-electron chi connectivity index (χ1n) is 3.64. The smallest absolute Gasteiger partial charge is 0.215 e. The monoisotopic (exact) mass is 205 g/mol. The summed E-state index contributed by atoms with van der Waals surface area (Å²) in [6, 6.07) is 3.67. The van der Waals surface area contributed by atoms with Crippen LogP contribution >= 0.6 is 11.3 Å². The summed E-state index contributed by atoms with van der Waals surface area (Å²) in [7, 11) is -3.09. The van der Waals surface area contributed by atoms with Crippen LogP contribution in [0.1, 0.15) is 11.8 Å². The van der Waals surface area contributed by atoms with Crippen LogP contribution in [0.5, 0.6) is 0 Å². The van der Waals surface area contributed by atoms with Gasteiger partial charge in [-0.1, -0.05) is 13.0 Å². The highest BCUT2D eigenvalue weighted by molar-refractivity contribution is 7.88. The number of hydrogen-bond acceptors (Lipinski definition) is 3. The average molecular weight is 205 g/mol. The van der Waals surface area contributed by atoms with Gasteiger partial charge in [-0.2, -0.15) is 0 Å². The molecule has 3 nitrogen and oxygen atoms in total. The van der Waals surface area contributed by atoms with Crippen molar-refractivity contribution in [2.75, 3.05) is 6.54 Å². The lowest BCUT2D eigenvalue weighted by Crippen LogP contribution is -2.24. The standard InChI is InChI=1S/C7H11NO2S2/c1-2-8-12(9,10)6-7-4-3-5-11-7/h3-5,8H,2,6H2,1H3. The Morgan fingerprint density at radius 3 is 2.83 bits per heavy atom. The molecule has 1 N–H and O–H groups in total.